The van der Waals surface area contributed by atoms with E-state index in [0.717, 1.165) is 5.69 Å². The number of anilines is 1. The maximum Gasteiger partial charge on any atom is 0.258 e. The molecular formula is C16H14N4O. The van der Waals surface area contributed by atoms with Crippen molar-refractivity contribution in [3.63, 3.8) is 0 Å². The quantitative estimate of drug-likeness (QED) is 0.801. The van der Waals surface area contributed by atoms with Gasteiger partial charge in [-0.05, 0) is 31.2 Å². The maximum atomic E-state index is 12.0. The van der Waals surface area contributed by atoms with Crippen LogP contribution in [-0.2, 0) is 0 Å². The molecular weight excluding hydrogens is 264 g/mol. The molecule has 0 saturated heterocycles. The Morgan fingerprint density at radius 1 is 1.05 bits per heavy atom. The third kappa shape index (κ3) is 2.97. The predicted octanol–water partition coefficient (Wildman–Crippen LogP) is 2.83. The fourth-order valence-corrected chi connectivity index (χ4v) is 1.91. The highest BCUT2D eigenvalue weighted by molar-refractivity contribution is 6.03. The van der Waals surface area contributed by atoms with Crippen molar-refractivity contribution in [3.05, 3.63) is 72.1 Å². The lowest BCUT2D eigenvalue weighted by Crippen LogP contribution is -2.13. The molecule has 0 saturated carbocycles. The first kappa shape index (κ1) is 13.1. The normalized spacial score (nSPS) is 10.3. The molecule has 0 aliphatic carbocycles. The highest BCUT2D eigenvalue weighted by Crippen LogP contribution is 2.10. The van der Waals surface area contributed by atoms with Gasteiger partial charge in [0.05, 0.1) is 5.69 Å². The van der Waals surface area contributed by atoms with Crippen LogP contribution in [0, 0.1) is 6.92 Å². The zero-order valence-electron chi connectivity index (χ0n) is 11.5. The summed E-state index contributed by atoms with van der Waals surface area (Å²) in [7, 11) is 0. The molecule has 0 aliphatic heterocycles. The first-order valence-corrected chi connectivity index (χ1v) is 6.57. The van der Waals surface area contributed by atoms with E-state index in [2.05, 4.69) is 15.4 Å². The summed E-state index contributed by atoms with van der Waals surface area (Å²) in [6, 6.07) is 16.9. The van der Waals surface area contributed by atoms with Crippen LogP contribution in [0.3, 0.4) is 0 Å². The van der Waals surface area contributed by atoms with Gasteiger partial charge in [-0.1, -0.05) is 35.9 Å². The minimum absolute atomic E-state index is 0.225. The third-order valence-corrected chi connectivity index (χ3v) is 3.05. The number of hydrogen-bond acceptors (Lipinski definition) is 3. The smallest absolute Gasteiger partial charge is 0.258 e. The zero-order chi connectivity index (χ0) is 14.7. The van der Waals surface area contributed by atoms with Crippen LogP contribution in [0.25, 0.3) is 5.69 Å². The van der Waals surface area contributed by atoms with Crippen LogP contribution in [0.1, 0.15) is 15.9 Å². The van der Waals surface area contributed by atoms with E-state index in [1.54, 1.807) is 23.1 Å². The summed E-state index contributed by atoms with van der Waals surface area (Å²) in [6.07, 6.45) is 1.57. The van der Waals surface area contributed by atoms with E-state index in [4.69, 9.17) is 0 Å². The fraction of sp³-hybridized carbons (Fsp3) is 0.0625. The molecule has 5 heteroatoms. The summed E-state index contributed by atoms with van der Waals surface area (Å²) in [4.78, 5) is 16.1. The van der Waals surface area contributed by atoms with Crippen molar-refractivity contribution in [1.29, 1.82) is 0 Å². The van der Waals surface area contributed by atoms with E-state index in [1.807, 2.05) is 49.4 Å². The summed E-state index contributed by atoms with van der Waals surface area (Å²) in [5, 5.41) is 6.93. The van der Waals surface area contributed by atoms with Gasteiger partial charge >= 0.3 is 0 Å². The second-order valence-corrected chi connectivity index (χ2v) is 4.67. The molecule has 0 atom stereocenters. The molecule has 1 N–H and O–H groups in total. The number of carbonyl (C=O) groups excluding carboxylic acids is 1. The number of benzene rings is 2. The average Bonchev–Trinajstić information content (AvgIpc) is 2.97. The molecule has 1 aromatic heterocycles. The summed E-state index contributed by atoms with van der Waals surface area (Å²) >= 11 is 0. The average molecular weight is 278 g/mol. The van der Waals surface area contributed by atoms with Gasteiger partial charge in [-0.25, -0.2) is 4.68 Å². The SMILES string of the molecule is Cc1ccc(-n2cnc(NC(=O)c3ccccc3)n2)cc1. The number of aromatic nitrogens is 3. The molecule has 3 rings (SSSR count). The highest BCUT2D eigenvalue weighted by Gasteiger charge is 2.08. The Hall–Kier alpha value is -2.95. The van der Waals surface area contributed by atoms with Gasteiger partial charge in [0.15, 0.2) is 0 Å². The van der Waals surface area contributed by atoms with Gasteiger partial charge in [0.2, 0.25) is 5.95 Å². The molecule has 104 valence electrons. The van der Waals surface area contributed by atoms with Gasteiger partial charge in [-0.15, -0.1) is 5.10 Å². The molecule has 0 aliphatic rings. The largest absolute Gasteiger partial charge is 0.289 e. The number of carbonyl (C=O) groups is 1. The van der Waals surface area contributed by atoms with E-state index in [9.17, 15) is 4.79 Å². The van der Waals surface area contributed by atoms with E-state index in [-0.39, 0.29) is 11.9 Å². The van der Waals surface area contributed by atoms with Crippen molar-refractivity contribution >= 4 is 11.9 Å². The van der Waals surface area contributed by atoms with Crippen molar-refractivity contribution in [2.75, 3.05) is 5.32 Å². The van der Waals surface area contributed by atoms with Gasteiger partial charge in [0.25, 0.3) is 5.91 Å². The lowest BCUT2D eigenvalue weighted by atomic mass is 10.2. The van der Waals surface area contributed by atoms with Crippen LogP contribution in [-0.4, -0.2) is 20.7 Å². The fourth-order valence-electron chi connectivity index (χ4n) is 1.91. The summed E-state index contributed by atoms with van der Waals surface area (Å²) in [5.41, 5.74) is 2.65. The van der Waals surface area contributed by atoms with E-state index in [1.165, 1.54) is 5.56 Å². The maximum absolute atomic E-state index is 12.0. The van der Waals surface area contributed by atoms with Crippen LogP contribution in [0.2, 0.25) is 0 Å². The Bertz CT molecular complexity index is 747. The number of aryl methyl sites for hydroxylation is 1. The van der Waals surface area contributed by atoms with Crippen LogP contribution < -0.4 is 5.32 Å². The Kier molecular flexibility index (Phi) is 3.47. The molecule has 0 radical (unpaired) electrons. The first-order valence-electron chi connectivity index (χ1n) is 6.57. The van der Waals surface area contributed by atoms with Crippen LogP contribution in [0.4, 0.5) is 5.95 Å². The van der Waals surface area contributed by atoms with Gasteiger partial charge in [-0.2, -0.15) is 4.98 Å². The topological polar surface area (TPSA) is 59.8 Å². The molecule has 0 bridgehead atoms. The van der Waals surface area contributed by atoms with Crippen LogP contribution in [0.15, 0.2) is 60.9 Å². The van der Waals surface area contributed by atoms with E-state index in [0.29, 0.717) is 5.56 Å². The lowest BCUT2D eigenvalue weighted by Gasteiger charge is -2.01. The number of hydrogen-bond donors (Lipinski definition) is 1. The number of nitrogens with one attached hydrogen (secondary N) is 1. The summed E-state index contributed by atoms with van der Waals surface area (Å²) < 4.78 is 1.63. The van der Waals surface area contributed by atoms with Gasteiger partial charge < -0.3 is 0 Å². The molecule has 3 aromatic rings. The Labute approximate surface area is 122 Å². The Morgan fingerprint density at radius 3 is 2.48 bits per heavy atom. The molecule has 5 nitrogen and oxygen atoms in total. The molecule has 0 unspecified atom stereocenters. The zero-order valence-corrected chi connectivity index (χ0v) is 11.5. The second kappa shape index (κ2) is 5.58. The lowest BCUT2D eigenvalue weighted by molar-refractivity contribution is 0.102. The van der Waals surface area contributed by atoms with Crippen molar-refractivity contribution in [1.82, 2.24) is 14.8 Å². The molecule has 1 heterocycles. The summed E-state index contributed by atoms with van der Waals surface area (Å²) in [6.45, 7) is 2.02. The van der Waals surface area contributed by atoms with E-state index >= 15 is 0 Å². The number of nitrogens with zero attached hydrogens (tertiary/aromatic N) is 3. The molecule has 0 spiro atoms. The molecule has 21 heavy (non-hydrogen) atoms. The predicted molar refractivity (Wildman–Crippen MR) is 80.5 cm³/mol. The Balaban J connectivity index is 1.76. The van der Waals surface area contributed by atoms with Crippen molar-refractivity contribution in [2.45, 2.75) is 6.92 Å². The van der Waals surface area contributed by atoms with Crippen molar-refractivity contribution < 1.29 is 4.79 Å². The molecule has 1 amide bonds. The number of amides is 1. The second-order valence-electron chi connectivity index (χ2n) is 4.67. The van der Waals surface area contributed by atoms with Crippen LogP contribution >= 0.6 is 0 Å². The van der Waals surface area contributed by atoms with Gasteiger partial charge in [0, 0.05) is 5.56 Å². The molecule has 2 aromatic carbocycles. The summed E-state index contributed by atoms with van der Waals surface area (Å²) in [5.74, 6) is 0.0571. The number of rotatable bonds is 3. The monoisotopic (exact) mass is 278 g/mol. The molecule has 0 fully saturated rings. The van der Waals surface area contributed by atoms with Crippen LogP contribution in [0.5, 0.6) is 0 Å². The Morgan fingerprint density at radius 2 is 1.76 bits per heavy atom. The first-order chi connectivity index (χ1) is 10.2. The minimum atomic E-state index is -0.225. The van der Waals surface area contributed by atoms with Gasteiger partial charge in [0.1, 0.15) is 6.33 Å². The van der Waals surface area contributed by atoms with E-state index < -0.39 is 0 Å². The minimum Gasteiger partial charge on any atom is -0.289 e. The standard InChI is InChI=1S/C16H14N4O/c1-12-7-9-14(10-8-12)20-11-17-16(19-20)18-15(21)13-5-3-2-4-6-13/h2-11H,1H3,(H,18,19,21). The van der Waals surface area contributed by atoms with Gasteiger partial charge in [-0.3, -0.25) is 10.1 Å². The third-order valence-electron chi connectivity index (χ3n) is 3.05. The highest BCUT2D eigenvalue weighted by atomic mass is 16.1. The van der Waals surface area contributed by atoms with Crippen molar-refractivity contribution in [2.24, 2.45) is 0 Å². The van der Waals surface area contributed by atoms with Crippen molar-refractivity contribution in [3.8, 4) is 5.69 Å².